The molecule has 1 aromatic rings. The molecule has 1 saturated heterocycles. The summed E-state index contributed by atoms with van der Waals surface area (Å²) in [5.41, 5.74) is 1.08. The van der Waals surface area contributed by atoms with E-state index in [1.165, 1.54) is 20.0 Å². The van der Waals surface area contributed by atoms with Crippen LogP contribution in [0.5, 0.6) is 5.88 Å². The number of esters is 1. The zero-order chi connectivity index (χ0) is 19.1. The van der Waals surface area contributed by atoms with Crippen molar-refractivity contribution in [1.29, 1.82) is 0 Å². The first kappa shape index (κ1) is 22.7. The number of rotatable bonds is 7. The summed E-state index contributed by atoms with van der Waals surface area (Å²) in [6, 6.07) is 3.94. The summed E-state index contributed by atoms with van der Waals surface area (Å²) >= 11 is 0. The molecule has 0 unspecified atom stereocenters. The van der Waals surface area contributed by atoms with Gasteiger partial charge in [0.25, 0.3) is 0 Å². The van der Waals surface area contributed by atoms with Crippen molar-refractivity contribution in [3.05, 3.63) is 23.9 Å². The van der Waals surface area contributed by atoms with E-state index >= 15 is 0 Å². The molecule has 156 valence electrons. The number of piperidine rings is 1. The fourth-order valence-electron chi connectivity index (χ4n) is 3.20. The molecule has 2 heterocycles. The molecule has 1 aliphatic carbocycles. The number of methoxy groups -OCH3 is 1. The summed E-state index contributed by atoms with van der Waals surface area (Å²) in [4.78, 5) is 23.0. The van der Waals surface area contributed by atoms with E-state index < -0.39 is 0 Å². The first-order chi connectivity index (χ1) is 13.2. The topological polar surface area (TPSA) is 76.1 Å². The molecule has 2 fully saturated rings. The van der Waals surface area contributed by atoms with Gasteiger partial charge < -0.3 is 19.7 Å². The second-order valence-electron chi connectivity index (χ2n) is 7.21. The number of ether oxygens (including phenoxy) is 2. The number of halogens is 1. The van der Waals surface area contributed by atoms with Gasteiger partial charge in [0, 0.05) is 31.9 Å². The second-order valence-corrected chi connectivity index (χ2v) is 7.21. The Bertz CT molecular complexity index is 659. The number of aromatic nitrogens is 1. The van der Waals surface area contributed by atoms with Gasteiger partial charge in [0.2, 0.25) is 5.88 Å². The Morgan fingerprint density at radius 1 is 1.32 bits per heavy atom. The molecule has 0 bridgehead atoms. The van der Waals surface area contributed by atoms with Gasteiger partial charge in [0.15, 0.2) is 5.96 Å². The second kappa shape index (κ2) is 11.4. The minimum atomic E-state index is -0.105. The van der Waals surface area contributed by atoms with Crippen LogP contribution in [0.3, 0.4) is 0 Å². The Morgan fingerprint density at radius 2 is 2.07 bits per heavy atom. The summed E-state index contributed by atoms with van der Waals surface area (Å²) in [5, 5.41) is 3.36. The molecule has 0 aromatic carbocycles. The third-order valence-corrected chi connectivity index (χ3v) is 5.04. The Balaban J connectivity index is 0.00000280. The zero-order valence-electron chi connectivity index (χ0n) is 16.7. The van der Waals surface area contributed by atoms with Crippen LogP contribution in [0, 0.1) is 11.8 Å². The Morgan fingerprint density at radius 3 is 2.71 bits per heavy atom. The van der Waals surface area contributed by atoms with E-state index in [9.17, 15) is 4.79 Å². The van der Waals surface area contributed by atoms with Gasteiger partial charge in [-0.25, -0.2) is 9.98 Å². The van der Waals surface area contributed by atoms with E-state index in [4.69, 9.17) is 14.5 Å². The highest BCUT2D eigenvalue weighted by atomic mass is 127. The van der Waals surface area contributed by atoms with Crippen molar-refractivity contribution in [2.75, 3.05) is 33.4 Å². The average molecular weight is 502 g/mol. The summed E-state index contributed by atoms with van der Waals surface area (Å²) < 4.78 is 10.6. The van der Waals surface area contributed by atoms with E-state index in [0.29, 0.717) is 18.3 Å². The lowest BCUT2D eigenvalue weighted by Crippen LogP contribution is -2.46. The molecule has 1 aromatic heterocycles. The molecule has 7 nitrogen and oxygen atoms in total. The average Bonchev–Trinajstić information content (AvgIpc) is 3.54. The number of nitrogens with zero attached hydrogens (tertiary/aromatic N) is 3. The van der Waals surface area contributed by atoms with E-state index in [0.717, 1.165) is 50.6 Å². The maximum absolute atomic E-state index is 11.7. The van der Waals surface area contributed by atoms with Crippen molar-refractivity contribution in [3.63, 3.8) is 0 Å². The van der Waals surface area contributed by atoms with Crippen molar-refractivity contribution in [3.8, 4) is 5.88 Å². The third-order valence-electron chi connectivity index (χ3n) is 5.04. The summed E-state index contributed by atoms with van der Waals surface area (Å²) in [5.74, 6) is 2.17. The quantitative estimate of drug-likeness (QED) is 0.268. The first-order valence-electron chi connectivity index (χ1n) is 9.88. The molecule has 1 saturated carbocycles. The first-order valence-corrected chi connectivity index (χ1v) is 9.88. The number of likely N-dealkylation sites (tertiary alicyclic amines) is 1. The number of aliphatic imine (C=N–C) groups is 1. The fourth-order valence-corrected chi connectivity index (χ4v) is 3.20. The van der Waals surface area contributed by atoms with Crippen LogP contribution in [0.25, 0.3) is 0 Å². The summed E-state index contributed by atoms with van der Waals surface area (Å²) in [6.45, 7) is 5.81. The molecular formula is C20H31IN4O3. The number of guanidine groups is 1. The van der Waals surface area contributed by atoms with E-state index in [1.54, 1.807) is 6.20 Å². The van der Waals surface area contributed by atoms with Crippen molar-refractivity contribution < 1.29 is 14.3 Å². The Hall–Kier alpha value is -1.58. The van der Waals surface area contributed by atoms with Crippen LogP contribution >= 0.6 is 24.0 Å². The third kappa shape index (κ3) is 6.79. The van der Waals surface area contributed by atoms with Gasteiger partial charge in [0.05, 0.1) is 26.2 Å². The van der Waals surface area contributed by atoms with Crippen LogP contribution < -0.4 is 10.1 Å². The van der Waals surface area contributed by atoms with Gasteiger partial charge in [-0.3, -0.25) is 4.79 Å². The van der Waals surface area contributed by atoms with Crippen LogP contribution in [0.4, 0.5) is 0 Å². The predicted octanol–water partition coefficient (Wildman–Crippen LogP) is 2.84. The van der Waals surface area contributed by atoms with Crippen molar-refractivity contribution >= 4 is 35.9 Å². The van der Waals surface area contributed by atoms with E-state index in [1.807, 2.05) is 12.1 Å². The molecule has 28 heavy (non-hydrogen) atoms. The number of carbonyl (C=O) groups excluding carboxylic acids is 1. The van der Waals surface area contributed by atoms with Gasteiger partial charge in [-0.15, -0.1) is 24.0 Å². The Kier molecular flexibility index (Phi) is 9.27. The van der Waals surface area contributed by atoms with Gasteiger partial charge in [-0.05, 0) is 50.2 Å². The molecule has 1 N–H and O–H groups in total. The SMILES string of the molecule is CCNC(=NCc1ccnc(OCC2CC2)c1)N1CCC(C(=O)OC)CC1.I. The minimum absolute atomic E-state index is 0. The van der Waals surface area contributed by atoms with Crippen LogP contribution in [0.2, 0.25) is 0 Å². The lowest BCUT2D eigenvalue weighted by Gasteiger charge is -2.33. The van der Waals surface area contributed by atoms with Gasteiger partial charge in [-0.1, -0.05) is 0 Å². The molecule has 8 heteroatoms. The molecule has 0 radical (unpaired) electrons. The zero-order valence-corrected chi connectivity index (χ0v) is 19.1. The molecule has 2 aliphatic rings. The van der Waals surface area contributed by atoms with Crippen molar-refractivity contribution in [1.82, 2.24) is 15.2 Å². The predicted molar refractivity (Wildman–Crippen MR) is 119 cm³/mol. The molecule has 0 atom stereocenters. The van der Waals surface area contributed by atoms with Gasteiger partial charge >= 0.3 is 5.97 Å². The molecule has 0 amide bonds. The largest absolute Gasteiger partial charge is 0.477 e. The molecule has 3 rings (SSSR count). The van der Waals surface area contributed by atoms with Gasteiger partial charge in [-0.2, -0.15) is 0 Å². The van der Waals surface area contributed by atoms with Crippen LogP contribution in [-0.2, 0) is 16.1 Å². The lowest BCUT2D eigenvalue weighted by atomic mass is 9.97. The highest BCUT2D eigenvalue weighted by Gasteiger charge is 2.27. The minimum Gasteiger partial charge on any atom is -0.477 e. The van der Waals surface area contributed by atoms with Crippen LogP contribution in [0.15, 0.2) is 23.3 Å². The fraction of sp³-hybridized carbons (Fsp3) is 0.650. The van der Waals surface area contributed by atoms with Crippen molar-refractivity contribution in [2.45, 2.75) is 39.2 Å². The summed E-state index contributed by atoms with van der Waals surface area (Å²) in [7, 11) is 1.46. The molecular weight excluding hydrogens is 471 g/mol. The Labute approximate surface area is 184 Å². The van der Waals surface area contributed by atoms with Crippen LogP contribution in [0.1, 0.15) is 38.2 Å². The van der Waals surface area contributed by atoms with Crippen LogP contribution in [-0.4, -0.2) is 55.2 Å². The molecule has 0 spiro atoms. The maximum Gasteiger partial charge on any atom is 0.308 e. The summed E-state index contributed by atoms with van der Waals surface area (Å²) in [6.07, 6.45) is 5.91. The highest BCUT2D eigenvalue weighted by molar-refractivity contribution is 14.0. The monoisotopic (exact) mass is 502 g/mol. The smallest absolute Gasteiger partial charge is 0.308 e. The number of hydrogen-bond donors (Lipinski definition) is 1. The van der Waals surface area contributed by atoms with Crippen molar-refractivity contribution in [2.24, 2.45) is 16.8 Å². The number of pyridine rings is 1. The molecule has 1 aliphatic heterocycles. The lowest BCUT2D eigenvalue weighted by molar-refractivity contribution is -0.146. The maximum atomic E-state index is 11.7. The van der Waals surface area contributed by atoms with Gasteiger partial charge in [0.1, 0.15) is 0 Å². The standard InChI is InChI=1S/C20H30N4O3.HI/c1-3-21-20(24-10-7-17(8-11-24)19(25)26-2)23-13-16-6-9-22-18(12-16)27-14-15-4-5-15;/h6,9,12,15,17H,3-5,7-8,10-11,13-14H2,1-2H3,(H,21,23);1H. The van der Waals surface area contributed by atoms with E-state index in [2.05, 4.69) is 22.1 Å². The number of hydrogen-bond acceptors (Lipinski definition) is 5. The number of nitrogens with one attached hydrogen (secondary N) is 1. The highest BCUT2D eigenvalue weighted by Crippen LogP contribution is 2.29. The normalized spacial score (nSPS) is 17.6. The number of carbonyl (C=O) groups is 1. The van der Waals surface area contributed by atoms with E-state index in [-0.39, 0.29) is 35.9 Å².